The van der Waals surface area contributed by atoms with Gasteiger partial charge in [0.25, 0.3) is 5.91 Å². The summed E-state index contributed by atoms with van der Waals surface area (Å²) in [6.45, 7) is 3.63. The van der Waals surface area contributed by atoms with Crippen molar-refractivity contribution in [1.29, 1.82) is 0 Å². The summed E-state index contributed by atoms with van der Waals surface area (Å²) in [7, 11) is 0. The van der Waals surface area contributed by atoms with Crippen molar-refractivity contribution in [2.45, 2.75) is 13.8 Å². The summed E-state index contributed by atoms with van der Waals surface area (Å²) in [6.07, 6.45) is 0. The van der Waals surface area contributed by atoms with E-state index in [1.807, 2.05) is 13.0 Å². The van der Waals surface area contributed by atoms with Gasteiger partial charge in [-0.15, -0.1) is 0 Å². The standard InChI is InChI=1S/C15H15FN2O/c1-9-3-5-11(16)7-13(9)15(19)18-14-8-12(17)6-4-10(14)2/h3-8H,17H2,1-2H3,(H,18,19). The zero-order valence-electron chi connectivity index (χ0n) is 10.8. The van der Waals surface area contributed by atoms with E-state index in [0.717, 1.165) is 11.1 Å². The van der Waals surface area contributed by atoms with Crippen molar-refractivity contribution in [2.24, 2.45) is 0 Å². The second-order valence-corrected chi connectivity index (χ2v) is 4.49. The highest BCUT2D eigenvalue weighted by Crippen LogP contribution is 2.20. The largest absolute Gasteiger partial charge is 0.399 e. The van der Waals surface area contributed by atoms with E-state index in [1.54, 1.807) is 25.1 Å². The number of anilines is 2. The minimum Gasteiger partial charge on any atom is -0.399 e. The first-order chi connectivity index (χ1) is 8.97. The van der Waals surface area contributed by atoms with Gasteiger partial charge in [0.1, 0.15) is 5.82 Å². The molecule has 19 heavy (non-hydrogen) atoms. The molecule has 1 amide bonds. The number of carbonyl (C=O) groups excluding carboxylic acids is 1. The van der Waals surface area contributed by atoms with Crippen molar-refractivity contribution in [3.63, 3.8) is 0 Å². The summed E-state index contributed by atoms with van der Waals surface area (Å²) in [5.74, 6) is -0.772. The third-order valence-corrected chi connectivity index (χ3v) is 2.95. The molecule has 3 nitrogen and oxygen atoms in total. The molecule has 0 aromatic heterocycles. The summed E-state index contributed by atoms with van der Waals surface area (Å²) in [5.41, 5.74) is 8.83. The Morgan fingerprint density at radius 3 is 2.53 bits per heavy atom. The molecule has 0 fully saturated rings. The molecule has 4 heteroatoms. The van der Waals surface area contributed by atoms with E-state index >= 15 is 0 Å². The molecule has 3 N–H and O–H groups in total. The van der Waals surface area contributed by atoms with Crippen LogP contribution in [0.2, 0.25) is 0 Å². The SMILES string of the molecule is Cc1ccc(N)cc1NC(=O)c1cc(F)ccc1C. The summed E-state index contributed by atoms with van der Waals surface area (Å²) < 4.78 is 13.2. The Bertz CT molecular complexity index is 638. The van der Waals surface area contributed by atoms with Crippen LogP contribution in [-0.4, -0.2) is 5.91 Å². The number of nitrogen functional groups attached to an aromatic ring is 1. The molecule has 2 rings (SSSR count). The molecule has 0 aliphatic carbocycles. The summed E-state index contributed by atoms with van der Waals surface area (Å²) in [4.78, 5) is 12.1. The smallest absolute Gasteiger partial charge is 0.256 e. The number of hydrogen-bond donors (Lipinski definition) is 2. The number of amides is 1. The van der Waals surface area contributed by atoms with Gasteiger partial charge >= 0.3 is 0 Å². The highest BCUT2D eigenvalue weighted by atomic mass is 19.1. The molecule has 0 radical (unpaired) electrons. The maximum absolute atomic E-state index is 13.2. The number of carbonyl (C=O) groups is 1. The lowest BCUT2D eigenvalue weighted by Gasteiger charge is -2.10. The van der Waals surface area contributed by atoms with Gasteiger partial charge in [-0.1, -0.05) is 12.1 Å². The van der Waals surface area contributed by atoms with Gasteiger partial charge in [-0.05, 0) is 49.2 Å². The van der Waals surface area contributed by atoms with Crippen LogP contribution < -0.4 is 11.1 Å². The van der Waals surface area contributed by atoms with Crippen LogP contribution in [0.25, 0.3) is 0 Å². The van der Waals surface area contributed by atoms with E-state index < -0.39 is 5.82 Å². The van der Waals surface area contributed by atoms with Crippen molar-refractivity contribution < 1.29 is 9.18 Å². The van der Waals surface area contributed by atoms with Crippen LogP contribution in [0.1, 0.15) is 21.5 Å². The maximum atomic E-state index is 13.2. The Kier molecular flexibility index (Phi) is 3.51. The fourth-order valence-electron chi connectivity index (χ4n) is 1.80. The summed E-state index contributed by atoms with van der Waals surface area (Å²) >= 11 is 0. The summed E-state index contributed by atoms with van der Waals surface area (Å²) in [6, 6.07) is 9.41. The van der Waals surface area contributed by atoms with E-state index in [0.29, 0.717) is 16.9 Å². The topological polar surface area (TPSA) is 55.1 Å². The minimum atomic E-state index is -0.431. The molecule has 2 aromatic rings. The lowest BCUT2D eigenvalue weighted by molar-refractivity contribution is 0.102. The van der Waals surface area contributed by atoms with Crippen molar-refractivity contribution in [2.75, 3.05) is 11.1 Å². The van der Waals surface area contributed by atoms with Gasteiger partial charge in [0, 0.05) is 16.9 Å². The van der Waals surface area contributed by atoms with Crippen LogP contribution in [0.3, 0.4) is 0 Å². The minimum absolute atomic E-state index is 0.321. The zero-order valence-corrected chi connectivity index (χ0v) is 10.8. The lowest BCUT2D eigenvalue weighted by atomic mass is 10.1. The fraction of sp³-hybridized carbons (Fsp3) is 0.133. The second kappa shape index (κ2) is 5.10. The van der Waals surface area contributed by atoms with Gasteiger partial charge in [-0.25, -0.2) is 4.39 Å². The molecule has 0 spiro atoms. The van der Waals surface area contributed by atoms with E-state index in [1.165, 1.54) is 12.1 Å². The number of nitrogens with one attached hydrogen (secondary N) is 1. The quantitative estimate of drug-likeness (QED) is 0.812. The highest BCUT2D eigenvalue weighted by molar-refractivity contribution is 6.05. The third kappa shape index (κ3) is 2.91. The van der Waals surface area contributed by atoms with Crippen LogP contribution in [-0.2, 0) is 0 Å². The second-order valence-electron chi connectivity index (χ2n) is 4.49. The summed E-state index contributed by atoms with van der Waals surface area (Å²) in [5, 5.41) is 2.75. The molecule has 0 bridgehead atoms. The Morgan fingerprint density at radius 1 is 1.11 bits per heavy atom. The van der Waals surface area contributed by atoms with E-state index in [2.05, 4.69) is 5.32 Å². The molecule has 0 atom stereocenters. The van der Waals surface area contributed by atoms with E-state index in [9.17, 15) is 9.18 Å². The number of nitrogens with two attached hydrogens (primary N) is 1. The fourth-order valence-corrected chi connectivity index (χ4v) is 1.80. The molecule has 0 aliphatic rings. The Balaban J connectivity index is 2.30. The average molecular weight is 258 g/mol. The lowest BCUT2D eigenvalue weighted by Crippen LogP contribution is -2.14. The molecular weight excluding hydrogens is 243 g/mol. The number of halogens is 1. The molecule has 98 valence electrons. The Hall–Kier alpha value is -2.36. The first-order valence-electron chi connectivity index (χ1n) is 5.91. The monoisotopic (exact) mass is 258 g/mol. The molecular formula is C15H15FN2O. The van der Waals surface area contributed by atoms with Gasteiger partial charge in [0.2, 0.25) is 0 Å². The van der Waals surface area contributed by atoms with Crippen molar-refractivity contribution >= 4 is 17.3 Å². The highest BCUT2D eigenvalue weighted by Gasteiger charge is 2.11. The predicted octanol–water partition coefficient (Wildman–Crippen LogP) is 3.28. The predicted molar refractivity (Wildman–Crippen MR) is 74.7 cm³/mol. The first-order valence-corrected chi connectivity index (χ1v) is 5.91. The van der Waals surface area contributed by atoms with Crippen LogP contribution in [0.15, 0.2) is 36.4 Å². The van der Waals surface area contributed by atoms with E-state index in [4.69, 9.17) is 5.73 Å². The zero-order chi connectivity index (χ0) is 14.0. The molecule has 0 saturated heterocycles. The van der Waals surface area contributed by atoms with Gasteiger partial charge in [-0.2, -0.15) is 0 Å². The molecule has 0 heterocycles. The molecule has 2 aromatic carbocycles. The van der Waals surface area contributed by atoms with Crippen LogP contribution >= 0.6 is 0 Å². The maximum Gasteiger partial charge on any atom is 0.256 e. The Morgan fingerprint density at radius 2 is 1.79 bits per heavy atom. The van der Waals surface area contributed by atoms with Gasteiger partial charge in [0.15, 0.2) is 0 Å². The van der Waals surface area contributed by atoms with Crippen LogP contribution in [0.5, 0.6) is 0 Å². The molecule has 0 unspecified atom stereocenters. The van der Waals surface area contributed by atoms with Crippen LogP contribution in [0.4, 0.5) is 15.8 Å². The van der Waals surface area contributed by atoms with Gasteiger partial charge < -0.3 is 11.1 Å². The normalized spacial score (nSPS) is 10.3. The number of rotatable bonds is 2. The number of aryl methyl sites for hydroxylation is 2. The molecule has 0 aliphatic heterocycles. The van der Waals surface area contributed by atoms with Gasteiger partial charge in [0.05, 0.1) is 0 Å². The number of benzene rings is 2. The van der Waals surface area contributed by atoms with Crippen molar-refractivity contribution in [3.05, 3.63) is 58.9 Å². The van der Waals surface area contributed by atoms with E-state index in [-0.39, 0.29) is 5.91 Å². The Labute approximate surface area is 111 Å². The third-order valence-electron chi connectivity index (χ3n) is 2.95. The molecule has 0 saturated carbocycles. The van der Waals surface area contributed by atoms with Crippen molar-refractivity contribution in [3.8, 4) is 0 Å². The average Bonchev–Trinajstić information content (AvgIpc) is 2.36. The first kappa shape index (κ1) is 13.1. The van der Waals surface area contributed by atoms with Crippen molar-refractivity contribution in [1.82, 2.24) is 0 Å². The van der Waals surface area contributed by atoms with Gasteiger partial charge in [-0.3, -0.25) is 4.79 Å². The number of hydrogen-bond acceptors (Lipinski definition) is 2. The van der Waals surface area contributed by atoms with Crippen LogP contribution in [0, 0.1) is 19.7 Å².